The van der Waals surface area contributed by atoms with Crippen molar-refractivity contribution in [1.82, 2.24) is 5.32 Å². The van der Waals surface area contributed by atoms with Crippen LogP contribution in [0, 0.1) is 11.2 Å². The highest BCUT2D eigenvalue weighted by Crippen LogP contribution is 2.48. The molecule has 1 fully saturated rings. The summed E-state index contributed by atoms with van der Waals surface area (Å²) in [7, 11) is 1.47. The molecule has 1 aromatic rings. The summed E-state index contributed by atoms with van der Waals surface area (Å²) in [5.41, 5.74) is 0.348. The Morgan fingerprint density at radius 1 is 1.47 bits per heavy atom. The average molecular weight is 265 g/mol. The Hall–Kier alpha value is -1.58. The van der Waals surface area contributed by atoms with E-state index in [9.17, 15) is 9.18 Å². The lowest BCUT2D eigenvalue weighted by atomic mass is 10.0. The largest absolute Gasteiger partial charge is 0.497 e. The molecule has 1 N–H and O–H groups in total. The zero-order chi connectivity index (χ0) is 13.9. The minimum atomic E-state index is -0.544. The van der Waals surface area contributed by atoms with E-state index in [-0.39, 0.29) is 16.9 Å². The van der Waals surface area contributed by atoms with Crippen molar-refractivity contribution in [3.63, 3.8) is 0 Å². The summed E-state index contributed by atoms with van der Waals surface area (Å²) in [4.78, 5) is 12.0. The summed E-state index contributed by atoms with van der Waals surface area (Å²) in [5.74, 6) is -0.474. The highest BCUT2D eigenvalue weighted by Gasteiger charge is 2.41. The lowest BCUT2D eigenvalue weighted by Crippen LogP contribution is -2.30. The third-order valence-electron chi connectivity index (χ3n) is 3.78. The maximum Gasteiger partial charge on any atom is 0.254 e. The summed E-state index contributed by atoms with van der Waals surface area (Å²) in [6.07, 6.45) is 4.56. The van der Waals surface area contributed by atoms with Crippen LogP contribution < -0.4 is 10.1 Å². The van der Waals surface area contributed by atoms with Gasteiger partial charge in [-0.15, -0.1) is 0 Å². The number of carbonyl (C=O) groups is 1. The Morgan fingerprint density at radius 2 is 2.21 bits per heavy atom. The summed E-state index contributed by atoms with van der Waals surface area (Å²) >= 11 is 0. The summed E-state index contributed by atoms with van der Waals surface area (Å²) in [5, 5.41) is 2.85. The van der Waals surface area contributed by atoms with E-state index in [2.05, 4.69) is 12.2 Å². The van der Waals surface area contributed by atoms with Crippen molar-refractivity contribution in [2.24, 2.45) is 5.41 Å². The molecule has 1 aromatic carbocycles. The number of methoxy groups -OCH3 is 1. The Labute approximate surface area is 113 Å². The smallest absolute Gasteiger partial charge is 0.254 e. The fourth-order valence-electron chi connectivity index (χ4n) is 2.39. The highest BCUT2D eigenvalue weighted by molar-refractivity contribution is 5.94. The second kappa shape index (κ2) is 5.59. The maximum absolute atomic E-state index is 13.7. The molecule has 0 saturated heterocycles. The molecular weight excluding hydrogens is 245 g/mol. The molecule has 1 saturated carbocycles. The van der Waals surface area contributed by atoms with Crippen LogP contribution in [0.2, 0.25) is 0 Å². The van der Waals surface area contributed by atoms with Crippen molar-refractivity contribution in [3.05, 3.63) is 29.6 Å². The molecule has 1 aliphatic carbocycles. The van der Waals surface area contributed by atoms with E-state index in [1.165, 1.54) is 19.2 Å². The van der Waals surface area contributed by atoms with Crippen molar-refractivity contribution in [3.8, 4) is 5.75 Å². The van der Waals surface area contributed by atoms with Gasteiger partial charge in [0.1, 0.15) is 11.6 Å². The predicted octanol–water partition coefficient (Wildman–Crippen LogP) is 3.14. The fraction of sp³-hybridized carbons (Fsp3) is 0.533. The van der Waals surface area contributed by atoms with Gasteiger partial charge in [0.05, 0.1) is 12.7 Å². The highest BCUT2D eigenvalue weighted by atomic mass is 19.1. The Balaban J connectivity index is 1.96. The van der Waals surface area contributed by atoms with Gasteiger partial charge in [0.25, 0.3) is 5.91 Å². The third-order valence-corrected chi connectivity index (χ3v) is 3.78. The van der Waals surface area contributed by atoms with Gasteiger partial charge in [-0.2, -0.15) is 0 Å². The van der Waals surface area contributed by atoms with E-state index in [1.54, 1.807) is 6.07 Å². The van der Waals surface area contributed by atoms with Gasteiger partial charge in [-0.3, -0.25) is 4.79 Å². The van der Waals surface area contributed by atoms with E-state index < -0.39 is 5.82 Å². The third kappa shape index (κ3) is 3.25. The summed E-state index contributed by atoms with van der Waals surface area (Å²) < 4.78 is 18.6. The molecule has 3 nitrogen and oxygen atoms in total. The van der Waals surface area contributed by atoms with Crippen LogP contribution in [-0.4, -0.2) is 19.6 Å². The number of nitrogens with one attached hydrogen (secondary N) is 1. The summed E-state index contributed by atoms with van der Waals surface area (Å²) in [6, 6.07) is 4.29. The van der Waals surface area contributed by atoms with Gasteiger partial charge in [-0.1, -0.05) is 13.3 Å². The SMILES string of the molecule is CCCC1(CNC(=O)c2ccc(OC)cc2F)CC1. The molecule has 1 amide bonds. The van der Waals surface area contributed by atoms with Crippen LogP contribution in [0.1, 0.15) is 43.0 Å². The summed E-state index contributed by atoms with van der Waals surface area (Å²) in [6.45, 7) is 2.79. The van der Waals surface area contributed by atoms with Gasteiger partial charge < -0.3 is 10.1 Å². The molecule has 0 unspecified atom stereocenters. The van der Waals surface area contributed by atoms with Crippen LogP contribution in [0.25, 0.3) is 0 Å². The van der Waals surface area contributed by atoms with Gasteiger partial charge in [0.15, 0.2) is 0 Å². The lowest BCUT2D eigenvalue weighted by Gasteiger charge is -2.15. The zero-order valence-corrected chi connectivity index (χ0v) is 11.5. The molecule has 0 aliphatic heterocycles. The van der Waals surface area contributed by atoms with Gasteiger partial charge in [-0.25, -0.2) is 4.39 Å². The first-order chi connectivity index (χ1) is 9.10. The van der Waals surface area contributed by atoms with Crippen molar-refractivity contribution in [2.45, 2.75) is 32.6 Å². The van der Waals surface area contributed by atoms with E-state index in [4.69, 9.17) is 4.74 Å². The van der Waals surface area contributed by atoms with E-state index in [0.717, 1.165) is 25.7 Å². The van der Waals surface area contributed by atoms with Gasteiger partial charge in [0.2, 0.25) is 0 Å². The normalized spacial score (nSPS) is 15.9. The molecule has 0 radical (unpaired) electrons. The molecule has 2 rings (SSSR count). The minimum absolute atomic E-state index is 0.0769. The lowest BCUT2D eigenvalue weighted by molar-refractivity contribution is 0.0939. The number of ether oxygens (including phenoxy) is 1. The first-order valence-electron chi connectivity index (χ1n) is 6.72. The molecule has 0 aromatic heterocycles. The molecule has 0 heterocycles. The Kier molecular flexibility index (Phi) is 4.08. The van der Waals surface area contributed by atoms with E-state index in [1.807, 2.05) is 0 Å². The molecule has 0 atom stereocenters. The number of amides is 1. The van der Waals surface area contributed by atoms with Gasteiger partial charge >= 0.3 is 0 Å². The molecule has 104 valence electrons. The minimum Gasteiger partial charge on any atom is -0.497 e. The molecule has 0 bridgehead atoms. The van der Waals surface area contributed by atoms with E-state index >= 15 is 0 Å². The molecule has 1 aliphatic rings. The molecule has 0 spiro atoms. The Bertz CT molecular complexity index is 469. The maximum atomic E-state index is 13.7. The average Bonchev–Trinajstić information content (AvgIpc) is 3.16. The quantitative estimate of drug-likeness (QED) is 0.858. The van der Waals surface area contributed by atoms with Gasteiger partial charge in [-0.05, 0) is 36.8 Å². The van der Waals surface area contributed by atoms with E-state index in [0.29, 0.717) is 12.3 Å². The molecular formula is C15H20FNO2. The second-order valence-corrected chi connectivity index (χ2v) is 5.28. The number of benzene rings is 1. The van der Waals surface area contributed by atoms with Crippen LogP contribution >= 0.6 is 0 Å². The van der Waals surface area contributed by atoms with Crippen LogP contribution in [0.4, 0.5) is 4.39 Å². The second-order valence-electron chi connectivity index (χ2n) is 5.28. The standard InChI is InChI=1S/C15H20FNO2/c1-3-6-15(7-8-15)10-17-14(18)12-5-4-11(19-2)9-13(12)16/h4-5,9H,3,6-8,10H2,1-2H3,(H,17,18). The zero-order valence-electron chi connectivity index (χ0n) is 11.5. The predicted molar refractivity (Wildman–Crippen MR) is 71.9 cm³/mol. The van der Waals surface area contributed by atoms with Gasteiger partial charge in [0, 0.05) is 12.6 Å². The van der Waals surface area contributed by atoms with Crippen molar-refractivity contribution < 1.29 is 13.9 Å². The first-order valence-corrected chi connectivity index (χ1v) is 6.72. The Morgan fingerprint density at radius 3 is 2.74 bits per heavy atom. The van der Waals surface area contributed by atoms with Crippen LogP contribution in [0.15, 0.2) is 18.2 Å². The molecule has 4 heteroatoms. The number of hydrogen-bond acceptors (Lipinski definition) is 2. The molecule has 19 heavy (non-hydrogen) atoms. The van der Waals surface area contributed by atoms with Crippen molar-refractivity contribution in [1.29, 1.82) is 0 Å². The van der Waals surface area contributed by atoms with Crippen LogP contribution in [-0.2, 0) is 0 Å². The van der Waals surface area contributed by atoms with Crippen molar-refractivity contribution >= 4 is 5.91 Å². The number of rotatable bonds is 6. The number of halogens is 1. The van der Waals surface area contributed by atoms with Crippen LogP contribution in [0.5, 0.6) is 5.75 Å². The first kappa shape index (κ1) is 13.8. The van der Waals surface area contributed by atoms with Crippen LogP contribution in [0.3, 0.4) is 0 Å². The number of hydrogen-bond donors (Lipinski definition) is 1. The fourth-order valence-corrected chi connectivity index (χ4v) is 2.39. The van der Waals surface area contributed by atoms with Crippen molar-refractivity contribution in [2.75, 3.05) is 13.7 Å². The number of carbonyl (C=O) groups excluding carboxylic acids is 1. The monoisotopic (exact) mass is 265 g/mol. The topological polar surface area (TPSA) is 38.3 Å².